The summed E-state index contributed by atoms with van der Waals surface area (Å²) in [5.74, 6) is 0.174. The molecule has 3 heterocycles. The predicted molar refractivity (Wildman–Crippen MR) is 96.0 cm³/mol. The number of rotatable bonds is 5. The van der Waals surface area contributed by atoms with Gasteiger partial charge in [0.25, 0.3) is 0 Å². The molecule has 0 aromatic carbocycles. The standard InChI is InChI=1S/C18H28N6O/c1-15(2)24-13-17(11-20-24)12-21-6-4-7-22(10-9-21)18(25)16(3)23-8-5-19-14-23/h5,8,11,13-16H,4,6-7,9-10,12H2,1-3H3/t16-/m1/s1. The molecule has 25 heavy (non-hydrogen) atoms. The average molecular weight is 344 g/mol. The van der Waals surface area contributed by atoms with Crippen molar-refractivity contribution in [2.75, 3.05) is 26.2 Å². The summed E-state index contributed by atoms with van der Waals surface area (Å²) in [5, 5.41) is 4.42. The second-order valence-corrected chi connectivity index (χ2v) is 7.06. The van der Waals surface area contributed by atoms with Gasteiger partial charge in [0, 0.05) is 62.9 Å². The van der Waals surface area contributed by atoms with Crippen LogP contribution < -0.4 is 0 Å². The molecule has 1 saturated heterocycles. The molecule has 0 saturated carbocycles. The van der Waals surface area contributed by atoms with Gasteiger partial charge in [0.05, 0.1) is 12.5 Å². The maximum absolute atomic E-state index is 12.7. The van der Waals surface area contributed by atoms with E-state index in [1.165, 1.54) is 5.56 Å². The molecule has 2 aromatic rings. The molecule has 136 valence electrons. The normalized spacial score (nSPS) is 17.7. The van der Waals surface area contributed by atoms with Crippen LogP contribution in [0.5, 0.6) is 0 Å². The Bertz CT molecular complexity index is 678. The van der Waals surface area contributed by atoms with Gasteiger partial charge in [-0.2, -0.15) is 5.10 Å². The summed E-state index contributed by atoms with van der Waals surface area (Å²) in [6, 6.07) is 0.189. The molecule has 3 rings (SSSR count). The zero-order chi connectivity index (χ0) is 17.8. The van der Waals surface area contributed by atoms with Crippen LogP contribution in [0, 0.1) is 0 Å². The monoisotopic (exact) mass is 344 g/mol. The topological polar surface area (TPSA) is 59.2 Å². The molecular weight excluding hydrogens is 316 g/mol. The Morgan fingerprint density at radius 2 is 2.04 bits per heavy atom. The lowest BCUT2D eigenvalue weighted by Gasteiger charge is -2.25. The van der Waals surface area contributed by atoms with E-state index in [9.17, 15) is 4.79 Å². The second kappa shape index (κ2) is 7.82. The summed E-state index contributed by atoms with van der Waals surface area (Å²) >= 11 is 0. The van der Waals surface area contributed by atoms with E-state index in [0.717, 1.165) is 39.1 Å². The Balaban J connectivity index is 1.55. The Labute approximate surface area is 149 Å². The van der Waals surface area contributed by atoms with Gasteiger partial charge in [-0.1, -0.05) is 0 Å². The van der Waals surface area contributed by atoms with Crippen LogP contribution in [-0.2, 0) is 11.3 Å². The number of carbonyl (C=O) groups is 1. The number of nitrogens with zero attached hydrogens (tertiary/aromatic N) is 6. The van der Waals surface area contributed by atoms with Crippen LogP contribution in [0.2, 0.25) is 0 Å². The lowest BCUT2D eigenvalue weighted by Crippen LogP contribution is -2.38. The maximum Gasteiger partial charge on any atom is 0.245 e. The number of hydrogen-bond donors (Lipinski definition) is 0. The first-order valence-electron chi connectivity index (χ1n) is 9.06. The van der Waals surface area contributed by atoms with Gasteiger partial charge in [0.2, 0.25) is 5.91 Å². The number of imidazole rings is 1. The molecule has 1 aliphatic rings. The van der Waals surface area contributed by atoms with Crippen molar-refractivity contribution in [3.63, 3.8) is 0 Å². The van der Waals surface area contributed by atoms with Gasteiger partial charge in [-0.05, 0) is 27.2 Å². The molecular formula is C18H28N6O. The van der Waals surface area contributed by atoms with Gasteiger partial charge in [-0.25, -0.2) is 4.98 Å². The smallest absolute Gasteiger partial charge is 0.245 e. The molecule has 7 heteroatoms. The van der Waals surface area contributed by atoms with Crippen molar-refractivity contribution in [1.82, 2.24) is 29.1 Å². The van der Waals surface area contributed by atoms with E-state index >= 15 is 0 Å². The van der Waals surface area contributed by atoms with Crippen LogP contribution in [0.15, 0.2) is 31.1 Å². The molecule has 1 fully saturated rings. The molecule has 0 N–H and O–H groups in total. The van der Waals surface area contributed by atoms with E-state index in [4.69, 9.17) is 0 Å². The van der Waals surface area contributed by atoms with E-state index in [-0.39, 0.29) is 11.9 Å². The minimum Gasteiger partial charge on any atom is -0.340 e. The first-order chi connectivity index (χ1) is 12.0. The van der Waals surface area contributed by atoms with Gasteiger partial charge >= 0.3 is 0 Å². The molecule has 7 nitrogen and oxygen atoms in total. The van der Waals surface area contributed by atoms with Crippen molar-refractivity contribution in [3.05, 3.63) is 36.7 Å². The zero-order valence-corrected chi connectivity index (χ0v) is 15.4. The summed E-state index contributed by atoms with van der Waals surface area (Å²) in [5.41, 5.74) is 1.24. The van der Waals surface area contributed by atoms with Crippen LogP contribution in [0.3, 0.4) is 0 Å². The fourth-order valence-electron chi connectivity index (χ4n) is 3.24. The lowest BCUT2D eigenvalue weighted by molar-refractivity contribution is -0.134. The second-order valence-electron chi connectivity index (χ2n) is 7.06. The summed E-state index contributed by atoms with van der Waals surface area (Å²) < 4.78 is 3.86. The van der Waals surface area contributed by atoms with E-state index in [2.05, 4.69) is 35.0 Å². The SMILES string of the molecule is CC(C)n1cc(CN2CCCN(C(=O)[C@@H](C)n3ccnc3)CC2)cn1. The summed E-state index contributed by atoms with van der Waals surface area (Å²) in [7, 11) is 0. The number of amides is 1. The van der Waals surface area contributed by atoms with E-state index < -0.39 is 0 Å². The van der Waals surface area contributed by atoms with Gasteiger partial charge in [0.1, 0.15) is 6.04 Å². The van der Waals surface area contributed by atoms with Gasteiger partial charge in [-0.3, -0.25) is 14.4 Å². The number of carbonyl (C=O) groups excluding carboxylic acids is 1. The van der Waals surface area contributed by atoms with Crippen molar-refractivity contribution in [3.8, 4) is 0 Å². The Morgan fingerprint density at radius 3 is 2.72 bits per heavy atom. The Morgan fingerprint density at radius 1 is 1.20 bits per heavy atom. The largest absolute Gasteiger partial charge is 0.340 e. The Kier molecular flexibility index (Phi) is 5.53. The molecule has 1 amide bonds. The van der Waals surface area contributed by atoms with Crippen molar-refractivity contribution >= 4 is 5.91 Å². The van der Waals surface area contributed by atoms with E-state index in [1.807, 2.05) is 33.5 Å². The van der Waals surface area contributed by atoms with Gasteiger partial charge in [-0.15, -0.1) is 0 Å². The fourth-order valence-corrected chi connectivity index (χ4v) is 3.24. The van der Waals surface area contributed by atoms with Crippen molar-refractivity contribution in [2.45, 2.75) is 45.8 Å². The van der Waals surface area contributed by atoms with Crippen LogP contribution in [0.25, 0.3) is 0 Å². The van der Waals surface area contributed by atoms with Gasteiger partial charge in [0.15, 0.2) is 0 Å². The minimum absolute atomic E-state index is 0.174. The van der Waals surface area contributed by atoms with Crippen molar-refractivity contribution in [2.24, 2.45) is 0 Å². The quantitative estimate of drug-likeness (QED) is 0.832. The molecule has 1 aliphatic heterocycles. The number of aromatic nitrogens is 4. The van der Waals surface area contributed by atoms with Crippen molar-refractivity contribution < 1.29 is 4.79 Å². The van der Waals surface area contributed by atoms with E-state index in [0.29, 0.717) is 6.04 Å². The molecule has 2 aromatic heterocycles. The molecule has 0 spiro atoms. The molecule has 0 bridgehead atoms. The number of hydrogen-bond acceptors (Lipinski definition) is 4. The van der Waals surface area contributed by atoms with Crippen LogP contribution in [0.4, 0.5) is 0 Å². The highest BCUT2D eigenvalue weighted by Crippen LogP contribution is 2.14. The van der Waals surface area contributed by atoms with Crippen LogP contribution >= 0.6 is 0 Å². The summed E-state index contributed by atoms with van der Waals surface area (Å²) in [4.78, 5) is 21.2. The molecule has 0 unspecified atom stereocenters. The predicted octanol–water partition coefficient (Wildman–Crippen LogP) is 1.96. The molecule has 0 aliphatic carbocycles. The third-order valence-electron chi connectivity index (χ3n) is 4.82. The first-order valence-corrected chi connectivity index (χ1v) is 9.06. The minimum atomic E-state index is -0.196. The maximum atomic E-state index is 12.7. The zero-order valence-electron chi connectivity index (χ0n) is 15.4. The highest BCUT2D eigenvalue weighted by atomic mass is 16.2. The summed E-state index contributed by atoms with van der Waals surface area (Å²) in [6.07, 6.45) is 10.3. The van der Waals surface area contributed by atoms with Crippen molar-refractivity contribution in [1.29, 1.82) is 0 Å². The fraction of sp³-hybridized carbons (Fsp3) is 0.611. The lowest BCUT2D eigenvalue weighted by atomic mass is 10.2. The van der Waals surface area contributed by atoms with E-state index in [1.54, 1.807) is 12.5 Å². The third kappa shape index (κ3) is 4.28. The average Bonchev–Trinajstić information content (AvgIpc) is 3.23. The van der Waals surface area contributed by atoms with Gasteiger partial charge < -0.3 is 9.47 Å². The Hall–Kier alpha value is -2.15. The molecule has 0 radical (unpaired) electrons. The summed E-state index contributed by atoms with van der Waals surface area (Å²) in [6.45, 7) is 10.6. The van der Waals surface area contributed by atoms with Crippen LogP contribution in [-0.4, -0.2) is 61.2 Å². The first kappa shape index (κ1) is 17.7. The third-order valence-corrected chi connectivity index (χ3v) is 4.82. The molecule has 1 atom stereocenters. The van der Waals surface area contributed by atoms with Crippen LogP contribution in [0.1, 0.15) is 44.8 Å². The highest BCUT2D eigenvalue weighted by Gasteiger charge is 2.24. The highest BCUT2D eigenvalue weighted by molar-refractivity contribution is 5.80.